The van der Waals surface area contributed by atoms with E-state index in [2.05, 4.69) is 50.9 Å². The Labute approximate surface area is 230 Å². The van der Waals surface area contributed by atoms with Crippen molar-refractivity contribution < 1.29 is 27.7 Å². The average molecular weight is 546 g/mol. The minimum Gasteiger partial charge on any atom is -0.497 e. The lowest BCUT2D eigenvalue weighted by Crippen LogP contribution is -2.47. The summed E-state index contributed by atoms with van der Waals surface area (Å²) in [5, 5.41) is 1.07. The summed E-state index contributed by atoms with van der Waals surface area (Å²) in [5.74, 6) is 0.841. The maximum atomic E-state index is 12.0. The van der Waals surface area contributed by atoms with Crippen LogP contribution in [-0.2, 0) is 14.2 Å². The third kappa shape index (κ3) is 10.3. The van der Waals surface area contributed by atoms with E-state index in [4.69, 9.17) is 19.2 Å². The maximum Gasteiger partial charge on any atom is 0.119 e. The summed E-state index contributed by atoms with van der Waals surface area (Å²) < 4.78 is 43.6. The van der Waals surface area contributed by atoms with Gasteiger partial charge in [-0.3, -0.25) is 4.90 Å². The third-order valence-electron chi connectivity index (χ3n) is 6.37. The quantitative estimate of drug-likeness (QED) is 0.264. The maximum absolute atomic E-state index is 12.0. The van der Waals surface area contributed by atoms with E-state index in [0.29, 0.717) is 26.4 Å². The number of hydrogen-bond donors (Lipinski definition) is 0. The van der Waals surface area contributed by atoms with Gasteiger partial charge < -0.3 is 23.8 Å². The van der Waals surface area contributed by atoms with Gasteiger partial charge in [-0.25, -0.2) is 13.8 Å². The van der Waals surface area contributed by atoms with E-state index in [9.17, 15) is 8.78 Å². The van der Waals surface area contributed by atoms with Crippen molar-refractivity contribution in [2.45, 2.75) is 6.92 Å². The van der Waals surface area contributed by atoms with Crippen LogP contribution >= 0.6 is 0 Å². The molecular weight excluding hydrogens is 504 g/mol. The molecule has 39 heavy (non-hydrogen) atoms. The van der Waals surface area contributed by atoms with Gasteiger partial charge in [0.25, 0.3) is 0 Å². The fourth-order valence-corrected chi connectivity index (χ4v) is 4.23. The van der Waals surface area contributed by atoms with E-state index in [1.54, 1.807) is 7.11 Å². The number of nitrogens with zero attached hydrogens (tertiary/aromatic N) is 3. The standard InChI is InChI=1S/C26H32FN3O3.C4H9FO/c1-31-24-7-9-26-22(20-24)4-8-25(28-26)21-2-5-23(6-3-21)30-13-11-29(12-14-30)15-17-33-19-18-32-16-10-27;1-2-6-4-3-5/h2-9,20H,10-19H2,1H3;2-4H2,1H3. The lowest BCUT2D eigenvalue weighted by Gasteiger charge is -2.36. The number of alkyl halides is 2. The third-order valence-corrected chi connectivity index (χ3v) is 6.37. The van der Waals surface area contributed by atoms with Crippen LogP contribution in [0.3, 0.4) is 0 Å². The van der Waals surface area contributed by atoms with Gasteiger partial charge >= 0.3 is 0 Å². The molecule has 0 unspecified atom stereocenters. The van der Waals surface area contributed by atoms with Crippen molar-refractivity contribution in [3.63, 3.8) is 0 Å². The molecule has 0 aliphatic carbocycles. The molecule has 9 heteroatoms. The van der Waals surface area contributed by atoms with Crippen molar-refractivity contribution in [2.24, 2.45) is 0 Å². The van der Waals surface area contributed by atoms with Gasteiger partial charge in [-0.15, -0.1) is 0 Å². The van der Waals surface area contributed by atoms with Crippen molar-refractivity contribution in [1.29, 1.82) is 0 Å². The second kappa shape index (κ2) is 17.7. The molecule has 0 spiro atoms. The molecule has 0 radical (unpaired) electrons. The lowest BCUT2D eigenvalue weighted by molar-refractivity contribution is 0.0341. The van der Waals surface area contributed by atoms with Crippen LogP contribution in [0.5, 0.6) is 5.75 Å². The van der Waals surface area contributed by atoms with Gasteiger partial charge in [0.1, 0.15) is 19.1 Å². The molecule has 1 aromatic heterocycles. The van der Waals surface area contributed by atoms with Crippen LogP contribution in [0.2, 0.25) is 0 Å². The molecule has 1 aliphatic heterocycles. The highest BCUT2D eigenvalue weighted by Crippen LogP contribution is 2.26. The fourth-order valence-electron chi connectivity index (χ4n) is 4.23. The number of piperazine rings is 1. The second-order valence-corrected chi connectivity index (χ2v) is 8.93. The van der Waals surface area contributed by atoms with Gasteiger partial charge in [0.05, 0.1) is 51.4 Å². The van der Waals surface area contributed by atoms with Crippen LogP contribution in [0, 0.1) is 0 Å². The van der Waals surface area contributed by atoms with E-state index >= 15 is 0 Å². The largest absolute Gasteiger partial charge is 0.497 e. The average Bonchev–Trinajstić information content (AvgIpc) is 2.99. The molecular formula is C30H41F2N3O4. The second-order valence-electron chi connectivity index (χ2n) is 8.93. The van der Waals surface area contributed by atoms with E-state index in [-0.39, 0.29) is 19.9 Å². The van der Waals surface area contributed by atoms with Crippen LogP contribution in [0.4, 0.5) is 14.5 Å². The first kappa shape index (κ1) is 30.7. The number of pyridine rings is 1. The van der Waals surface area contributed by atoms with E-state index in [0.717, 1.165) is 60.6 Å². The fraction of sp³-hybridized carbons (Fsp3) is 0.500. The number of fused-ring (bicyclic) bond motifs is 1. The number of anilines is 1. The van der Waals surface area contributed by atoms with Gasteiger partial charge in [-0.1, -0.05) is 18.2 Å². The summed E-state index contributed by atoms with van der Waals surface area (Å²) >= 11 is 0. The molecule has 0 N–H and O–H groups in total. The summed E-state index contributed by atoms with van der Waals surface area (Å²) in [6, 6.07) is 18.8. The smallest absolute Gasteiger partial charge is 0.119 e. The summed E-state index contributed by atoms with van der Waals surface area (Å²) in [6.07, 6.45) is 0. The van der Waals surface area contributed by atoms with Gasteiger partial charge in [0.15, 0.2) is 0 Å². The molecule has 2 aromatic carbocycles. The highest BCUT2D eigenvalue weighted by molar-refractivity contribution is 5.83. The molecule has 1 saturated heterocycles. The van der Waals surface area contributed by atoms with Crippen LogP contribution in [0.1, 0.15) is 6.92 Å². The highest BCUT2D eigenvalue weighted by atomic mass is 19.1. The summed E-state index contributed by atoms with van der Waals surface area (Å²) in [7, 11) is 1.68. The van der Waals surface area contributed by atoms with E-state index in [1.165, 1.54) is 5.69 Å². The minimum atomic E-state index is -0.441. The van der Waals surface area contributed by atoms with Crippen LogP contribution in [-0.4, -0.2) is 103 Å². The number of benzene rings is 2. The first-order valence-corrected chi connectivity index (χ1v) is 13.6. The first-order valence-electron chi connectivity index (χ1n) is 13.6. The molecule has 2 heterocycles. The predicted molar refractivity (Wildman–Crippen MR) is 152 cm³/mol. The Bertz CT molecular complexity index is 1080. The minimum absolute atomic E-state index is 0.153. The van der Waals surface area contributed by atoms with E-state index in [1.807, 2.05) is 25.1 Å². The predicted octanol–water partition coefficient (Wildman–Crippen LogP) is 5.03. The highest BCUT2D eigenvalue weighted by Gasteiger charge is 2.17. The molecule has 1 fully saturated rings. The summed E-state index contributed by atoms with van der Waals surface area (Å²) in [6.45, 7) is 8.63. The zero-order valence-electron chi connectivity index (χ0n) is 23.1. The topological polar surface area (TPSA) is 56.3 Å². The molecule has 214 valence electrons. The van der Waals surface area contributed by atoms with Crippen LogP contribution < -0.4 is 9.64 Å². The number of aromatic nitrogens is 1. The zero-order valence-corrected chi connectivity index (χ0v) is 23.1. The number of rotatable bonds is 14. The van der Waals surface area contributed by atoms with Gasteiger partial charge in [0, 0.05) is 56.0 Å². The van der Waals surface area contributed by atoms with Gasteiger partial charge in [-0.2, -0.15) is 0 Å². The molecule has 0 amide bonds. The van der Waals surface area contributed by atoms with Crippen molar-refractivity contribution in [1.82, 2.24) is 9.88 Å². The Morgan fingerprint density at radius 2 is 1.46 bits per heavy atom. The number of hydrogen-bond acceptors (Lipinski definition) is 7. The molecule has 4 rings (SSSR count). The van der Waals surface area contributed by atoms with E-state index < -0.39 is 6.67 Å². The Hall–Kier alpha value is -2.85. The Morgan fingerprint density at radius 3 is 2.10 bits per heavy atom. The zero-order chi connectivity index (χ0) is 27.7. The summed E-state index contributed by atoms with van der Waals surface area (Å²) in [4.78, 5) is 9.66. The van der Waals surface area contributed by atoms with Gasteiger partial charge in [0.2, 0.25) is 0 Å². The Morgan fingerprint density at radius 1 is 0.769 bits per heavy atom. The summed E-state index contributed by atoms with van der Waals surface area (Å²) in [5.41, 5.74) is 4.29. The lowest BCUT2D eigenvalue weighted by atomic mass is 10.1. The molecule has 0 bridgehead atoms. The molecule has 1 aliphatic rings. The number of ether oxygens (including phenoxy) is 4. The van der Waals surface area contributed by atoms with Crippen LogP contribution in [0.15, 0.2) is 54.6 Å². The SMILES string of the molecule is CCOCCF.COc1ccc2nc(-c3ccc(N4CCN(CCOCCOCCF)CC4)cc3)ccc2c1. The number of methoxy groups -OCH3 is 1. The molecule has 7 nitrogen and oxygen atoms in total. The normalized spacial score (nSPS) is 13.8. The Balaban J connectivity index is 0.000000631. The molecule has 0 saturated carbocycles. The monoisotopic (exact) mass is 545 g/mol. The van der Waals surface area contributed by atoms with Crippen molar-refractivity contribution in [3.8, 4) is 17.0 Å². The van der Waals surface area contributed by atoms with Crippen molar-refractivity contribution in [2.75, 3.05) is 97.7 Å². The Kier molecular flexibility index (Phi) is 13.9. The van der Waals surface area contributed by atoms with Gasteiger partial charge in [-0.05, 0) is 43.3 Å². The molecule has 3 aromatic rings. The van der Waals surface area contributed by atoms with Crippen LogP contribution in [0.25, 0.3) is 22.2 Å². The number of halogens is 2. The van der Waals surface area contributed by atoms with Crippen molar-refractivity contribution >= 4 is 16.6 Å². The van der Waals surface area contributed by atoms with Crippen molar-refractivity contribution in [3.05, 3.63) is 54.6 Å². The first-order chi connectivity index (χ1) is 19.2. The molecule has 0 atom stereocenters.